The summed E-state index contributed by atoms with van der Waals surface area (Å²) in [6, 6.07) is 0. The molecule has 1 N–H and O–H groups in total. The molecule has 3 rings (SSSR count). The highest BCUT2D eigenvalue weighted by Gasteiger charge is 2.29. The van der Waals surface area contributed by atoms with Crippen LogP contribution in [0.2, 0.25) is 0 Å². The van der Waals surface area contributed by atoms with Crippen molar-refractivity contribution in [2.75, 3.05) is 19.7 Å². The first-order valence-electron chi connectivity index (χ1n) is 5.81. The van der Waals surface area contributed by atoms with Gasteiger partial charge in [0.1, 0.15) is 11.9 Å². The van der Waals surface area contributed by atoms with Crippen LogP contribution in [0.25, 0.3) is 0 Å². The van der Waals surface area contributed by atoms with E-state index in [1.165, 1.54) is 0 Å². The summed E-state index contributed by atoms with van der Waals surface area (Å²) in [7, 11) is 0. The molecule has 9 heteroatoms. The van der Waals surface area contributed by atoms with Gasteiger partial charge in [-0.3, -0.25) is 9.89 Å². The number of ether oxygens (including phenoxy) is 1. The van der Waals surface area contributed by atoms with E-state index < -0.39 is 0 Å². The highest BCUT2D eigenvalue weighted by Crippen LogP contribution is 2.20. The summed E-state index contributed by atoms with van der Waals surface area (Å²) in [6.45, 7) is 3.24. The van der Waals surface area contributed by atoms with Gasteiger partial charge in [-0.05, 0) is 18.5 Å². The number of carbonyl (C=O) groups excluding carboxylic acids is 1. The third kappa shape index (κ3) is 2.47. The third-order valence-corrected chi connectivity index (χ3v) is 3.34. The lowest BCUT2D eigenvalue weighted by molar-refractivity contribution is -0.0268. The first-order valence-corrected chi connectivity index (χ1v) is 6.64. The molecule has 1 aliphatic rings. The van der Waals surface area contributed by atoms with Crippen molar-refractivity contribution in [2.45, 2.75) is 13.0 Å². The van der Waals surface area contributed by atoms with Gasteiger partial charge in [0.2, 0.25) is 0 Å². The number of hydrogen-bond acceptors (Lipinski definition) is 7. The van der Waals surface area contributed by atoms with Gasteiger partial charge in [-0.1, -0.05) is 4.49 Å². The summed E-state index contributed by atoms with van der Waals surface area (Å²) in [6.07, 6.45) is -0.297. The van der Waals surface area contributed by atoms with Gasteiger partial charge in [0, 0.05) is 11.9 Å². The lowest BCUT2D eigenvalue weighted by Gasteiger charge is -2.31. The largest absolute Gasteiger partial charge is 0.366 e. The number of carbonyl (C=O) groups is 1. The highest BCUT2D eigenvalue weighted by molar-refractivity contribution is 7.03. The summed E-state index contributed by atoms with van der Waals surface area (Å²) in [4.78, 5) is 18.1. The molecule has 3 heterocycles. The second-order valence-corrected chi connectivity index (χ2v) is 4.79. The van der Waals surface area contributed by atoms with Crippen molar-refractivity contribution in [3.8, 4) is 0 Å². The molecule has 1 aliphatic heterocycles. The molecule has 100 valence electrons. The Morgan fingerprint density at radius 2 is 2.53 bits per heavy atom. The Morgan fingerprint density at radius 1 is 1.63 bits per heavy atom. The van der Waals surface area contributed by atoms with Crippen molar-refractivity contribution in [3.63, 3.8) is 0 Å². The minimum atomic E-state index is -0.297. The predicted molar refractivity (Wildman–Crippen MR) is 65.6 cm³/mol. The molecular formula is C10H12N6O2S. The van der Waals surface area contributed by atoms with Gasteiger partial charge in [0.15, 0.2) is 11.5 Å². The van der Waals surface area contributed by atoms with Crippen molar-refractivity contribution in [3.05, 3.63) is 22.7 Å². The van der Waals surface area contributed by atoms with E-state index in [0.717, 1.165) is 17.4 Å². The standard InChI is InChI=1S/C10H12N6O2S/c1-6-11-9(14-12-6)8-4-16(2-3-18-8)10(17)7-5-19-15-13-7/h5,8H,2-4H2,1H3,(H,11,12,14)/t8-/m1/s1. The molecule has 0 unspecified atom stereocenters. The molecule has 0 aliphatic carbocycles. The molecule has 1 fully saturated rings. The maximum Gasteiger partial charge on any atom is 0.275 e. The van der Waals surface area contributed by atoms with Crippen LogP contribution in [0.5, 0.6) is 0 Å². The van der Waals surface area contributed by atoms with Crippen LogP contribution in [0, 0.1) is 6.92 Å². The molecule has 0 radical (unpaired) electrons. The minimum absolute atomic E-state index is 0.130. The van der Waals surface area contributed by atoms with Crippen LogP contribution in [0.1, 0.15) is 28.2 Å². The Labute approximate surface area is 113 Å². The Morgan fingerprint density at radius 3 is 3.21 bits per heavy atom. The Balaban J connectivity index is 1.73. The van der Waals surface area contributed by atoms with Crippen molar-refractivity contribution >= 4 is 17.4 Å². The molecule has 1 saturated heterocycles. The van der Waals surface area contributed by atoms with Gasteiger partial charge in [-0.15, -0.1) is 5.10 Å². The number of nitrogens with one attached hydrogen (secondary N) is 1. The Kier molecular flexibility index (Phi) is 3.22. The number of aromatic amines is 1. The van der Waals surface area contributed by atoms with Crippen molar-refractivity contribution < 1.29 is 9.53 Å². The van der Waals surface area contributed by atoms with Gasteiger partial charge < -0.3 is 9.64 Å². The number of aryl methyl sites for hydroxylation is 1. The van der Waals surface area contributed by atoms with Gasteiger partial charge in [-0.2, -0.15) is 5.10 Å². The van der Waals surface area contributed by atoms with Crippen LogP contribution in [0.4, 0.5) is 0 Å². The summed E-state index contributed by atoms with van der Waals surface area (Å²) in [5.41, 5.74) is 0.372. The monoisotopic (exact) mass is 280 g/mol. The van der Waals surface area contributed by atoms with Crippen LogP contribution >= 0.6 is 11.5 Å². The molecule has 0 aromatic carbocycles. The SMILES string of the molecule is Cc1nc([C@H]2CN(C(=O)c3csnn3)CCO2)n[nH]1. The maximum atomic E-state index is 12.2. The fraction of sp³-hybridized carbons (Fsp3) is 0.500. The topological polar surface area (TPSA) is 96.9 Å². The van der Waals surface area contributed by atoms with Gasteiger partial charge in [0.25, 0.3) is 5.91 Å². The van der Waals surface area contributed by atoms with E-state index in [-0.39, 0.29) is 12.0 Å². The first-order chi connectivity index (χ1) is 9.24. The van der Waals surface area contributed by atoms with E-state index in [1.54, 1.807) is 10.3 Å². The van der Waals surface area contributed by atoms with E-state index in [2.05, 4.69) is 24.8 Å². The number of amides is 1. The molecular weight excluding hydrogens is 268 g/mol. The molecule has 0 bridgehead atoms. The summed E-state index contributed by atoms with van der Waals surface area (Å²) < 4.78 is 9.30. The zero-order chi connectivity index (χ0) is 13.2. The van der Waals surface area contributed by atoms with E-state index in [1.807, 2.05) is 6.92 Å². The smallest absolute Gasteiger partial charge is 0.275 e. The van der Waals surface area contributed by atoms with E-state index in [0.29, 0.717) is 31.2 Å². The van der Waals surface area contributed by atoms with Crippen LogP contribution in [0.15, 0.2) is 5.38 Å². The fourth-order valence-corrected chi connectivity index (χ4v) is 2.34. The third-order valence-electron chi connectivity index (χ3n) is 2.84. The van der Waals surface area contributed by atoms with Crippen LogP contribution in [-0.4, -0.2) is 55.3 Å². The molecule has 0 saturated carbocycles. The molecule has 1 amide bonds. The number of hydrogen-bond donors (Lipinski definition) is 1. The lowest BCUT2D eigenvalue weighted by atomic mass is 10.2. The van der Waals surface area contributed by atoms with Crippen molar-refractivity contribution in [2.24, 2.45) is 0 Å². The summed E-state index contributed by atoms with van der Waals surface area (Å²) in [5, 5.41) is 12.3. The van der Waals surface area contributed by atoms with Gasteiger partial charge in [0.05, 0.1) is 13.2 Å². The molecule has 0 spiro atoms. The van der Waals surface area contributed by atoms with E-state index in [9.17, 15) is 4.79 Å². The average Bonchev–Trinajstić information content (AvgIpc) is 3.09. The Bertz CT molecular complexity index is 568. The van der Waals surface area contributed by atoms with Crippen molar-refractivity contribution in [1.29, 1.82) is 0 Å². The molecule has 2 aromatic rings. The van der Waals surface area contributed by atoms with E-state index >= 15 is 0 Å². The van der Waals surface area contributed by atoms with Crippen LogP contribution < -0.4 is 0 Å². The van der Waals surface area contributed by atoms with Crippen LogP contribution in [-0.2, 0) is 4.74 Å². The maximum absolute atomic E-state index is 12.2. The second-order valence-electron chi connectivity index (χ2n) is 4.18. The number of aromatic nitrogens is 5. The van der Waals surface area contributed by atoms with E-state index in [4.69, 9.17) is 4.74 Å². The summed E-state index contributed by atoms with van der Waals surface area (Å²) >= 11 is 1.16. The molecule has 2 aromatic heterocycles. The number of rotatable bonds is 2. The van der Waals surface area contributed by atoms with Gasteiger partial charge >= 0.3 is 0 Å². The zero-order valence-corrected chi connectivity index (χ0v) is 11.1. The second kappa shape index (κ2) is 5.02. The predicted octanol–water partition coefficient (Wildman–Crippen LogP) is 0.178. The normalized spacial score (nSPS) is 19.6. The van der Waals surface area contributed by atoms with Crippen LogP contribution in [0.3, 0.4) is 0 Å². The average molecular weight is 280 g/mol. The molecule has 1 atom stereocenters. The highest BCUT2D eigenvalue weighted by atomic mass is 32.1. The van der Waals surface area contributed by atoms with Crippen molar-refractivity contribution in [1.82, 2.24) is 29.7 Å². The number of H-pyrrole nitrogens is 1. The minimum Gasteiger partial charge on any atom is -0.366 e. The lowest BCUT2D eigenvalue weighted by Crippen LogP contribution is -2.42. The van der Waals surface area contributed by atoms with Gasteiger partial charge in [-0.25, -0.2) is 4.98 Å². The number of nitrogens with zero attached hydrogens (tertiary/aromatic N) is 5. The fourth-order valence-electron chi connectivity index (χ4n) is 1.91. The summed E-state index contributed by atoms with van der Waals surface area (Å²) in [5.74, 6) is 1.17. The Hall–Kier alpha value is -1.87. The number of morpholine rings is 1. The first kappa shape index (κ1) is 12.2. The molecule has 8 nitrogen and oxygen atoms in total. The zero-order valence-electron chi connectivity index (χ0n) is 10.2. The molecule has 19 heavy (non-hydrogen) atoms. The quantitative estimate of drug-likeness (QED) is 0.842.